The number of carbonyl (C=O) groups is 1. The molecule has 0 aliphatic rings. The van der Waals surface area contributed by atoms with Crippen molar-refractivity contribution in [2.75, 3.05) is 5.32 Å². The van der Waals surface area contributed by atoms with E-state index in [0.717, 1.165) is 24.1 Å². The Labute approximate surface area is 165 Å². The molecule has 0 spiro atoms. The zero-order valence-electron chi connectivity index (χ0n) is 14.7. The van der Waals surface area contributed by atoms with Crippen LogP contribution in [0.2, 0.25) is 5.02 Å². The van der Waals surface area contributed by atoms with E-state index in [2.05, 4.69) is 5.32 Å². The molecule has 0 fully saturated rings. The molecule has 1 amide bonds. The van der Waals surface area contributed by atoms with E-state index in [1.165, 1.54) is 11.6 Å². The van der Waals surface area contributed by atoms with Gasteiger partial charge in [-0.25, -0.2) is 0 Å². The number of carbonyl (C=O) groups excluding carboxylic acids is 1. The Morgan fingerprint density at radius 1 is 0.964 bits per heavy atom. The SMILES string of the molecule is O=C(C[n+]1ccc(Cc2ccccc2)cc1)Nc1ccc(Cl)c(C(F)(F)F)c1. The Morgan fingerprint density at radius 2 is 1.61 bits per heavy atom. The Hall–Kier alpha value is -2.86. The van der Waals surface area contributed by atoms with Gasteiger partial charge in [-0.15, -0.1) is 0 Å². The molecule has 0 bridgehead atoms. The van der Waals surface area contributed by atoms with E-state index in [1.54, 1.807) is 17.0 Å². The second kappa shape index (κ2) is 8.44. The van der Waals surface area contributed by atoms with Crippen molar-refractivity contribution >= 4 is 23.2 Å². The zero-order chi connectivity index (χ0) is 20.1. The number of anilines is 1. The van der Waals surface area contributed by atoms with Gasteiger partial charge in [0, 0.05) is 17.8 Å². The van der Waals surface area contributed by atoms with Crippen molar-refractivity contribution in [3.63, 3.8) is 0 Å². The number of amides is 1. The maximum atomic E-state index is 12.9. The summed E-state index contributed by atoms with van der Waals surface area (Å²) in [6.45, 7) is -0.0183. The number of alkyl halides is 3. The van der Waals surface area contributed by atoms with E-state index in [9.17, 15) is 18.0 Å². The highest BCUT2D eigenvalue weighted by Gasteiger charge is 2.33. The van der Waals surface area contributed by atoms with Crippen molar-refractivity contribution in [2.24, 2.45) is 0 Å². The van der Waals surface area contributed by atoms with Crippen LogP contribution in [0.15, 0.2) is 73.1 Å². The van der Waals surface area contributed by atoms with Gasteiger partial charge in [-0.2, -0.15) is 17.7 Å². The van der Waals surface area contributed by atoms with Gasteiger partial charge in [-0.3, -0.25) is 4.79 Å². The smallest absolute Gasteiger partial charge is 0.321 e. The fourth-order valence-electron chi connectivity index (χ4n) is 2.73. The van der Waals surface area contributed by atoms with Crippen molar-refractivity contribution in [1.82, 2.24) is 0 Å². The highest BCUT2D eigenvalue weighted by molar-refractivity contribution is 6.31. The predicted molar refractivity (Wildman–Crippen MR) is 101 cm³/mol. The molecule has 7 heteroatoms. The lowest BCUT2D eigenvalue weighted by molar-refractivity contribution is -0.684. The molecule has 0 aliphatic carbocycles. The summed E-state index contributed by atoms with van der Waals surface area (Å²) in [5.74, 6) is -0.434. The molecular formula is C21H17ClF3N2O+. The Morgan fingerprint density at radius 3 is 2.25 bits per heavy atom. The molecule has 1 N–H and O–H groups in total. The van der Waals surface area contributed by atoms with Crippen molar-refractivity contribution in [3.05, 3.63) is 94.8 Å². The van der Waals surface area contributed by atoms with E-state index in [-0.39, 0.29) is 12.2 Å². The Balaban J connectivity index is 1.62. The summed E-state index contributed by atoms with van der Waals surface area (Å²) >= 11 is 5.58. The molecule has 0 radical (unpaired) electrons. The van der Waals surface area contributed by atoms with Crippen LogP contribution in [-0.4, -0.2) is 5.91 Å². The molecule has 3 aromatic rings. The molecule has 0 saturated carbocycles. The molecule has 2 aromatic carbocycles. The number of hydrogen-bond acceptors (Lipinski definition) is 1. The molecule has 1 heterocycles. The number of aromatic nitrogens is 1. The number of halogens is 4. The first-order chi connectivity index (χ1) is 13.3. The Bertz CT molecular complexity index is 958. The quantitative estimate of drug-likeness (QED) is 0.603. The van der Waals surface area contributed by atoms with Gasteiger partial charge in [0.2, 0.25) is 6.54 Å². The van der Waals surface area contributed by atoms with E-state index >= 15 is 0 Å². The highest BCUT2D eigenvalue weighted by atomic mass is 35.5. The van der Waals surface area contributed by atoms with Crippen molar-refractivity contribution < 1.29 is 22.5 Å². The second-order valence-electron chi connectivity index (χ2n) is 6.28. The normalized spacial score (nSPS) is 11.3. The van der Waals surface area contributed by atoms with E-state index in [0.29, 0.717) is 0 Å². The maximum absolute atomic E-state index is 12.9. The number of rotatable bonds is 5. The molecule has 144 valence electrons. The molecular weight excluding hydrogens is 389 g/mol. The van der Waals surface area contributed by atoms with Gasteiger partial charge >= 0.3 is 6.18 Å². The summed E-state index contributed by atoms with van der Waals surface area (Å²) < 4.78 is 40.4. The van der Waals surface area contributed by atoms with Crippen LogP contribution in [-0.2, 0) is 23.9 Å². The average Bonchev–Trinajstić information content (AvgIpc) is 2.65. The lowest BCUT2D eigenvalue weighted by atomic mass is 10.1. The third-order valence-electron chi connectivity index (χ3n) is 4.09. The molecule has 0 unspecified atom stereocenters. The summed E-state index contributed by atoms with van der Waals surface area (Å²) in [6.07, 6.45) is -0.276. The van der Waals surface area contributed by atoms with Crippen molar-refractivity contribution in [2.45, 2.75) is 19.1 Å². The lowest BCUT2D eigenvalue weighted by Gasteiger charge is -2.11. The third kappa shape index (κ3) is 5.33. The third-order valence-corrected chi connectivity index (χ3v) is 4.42. The zero-order valence-corrected chi connectivity index (χ0v) is 15.5. The summed E-state index contributed by atoms with van der Waals surface area (Å²) in [4.78, 5) is 12.2. The summed E-state index contributed by atoms with van der Waals surface area (Å²) in [5, 5.41) is 2.06. The lowest BCUT2D eigenvalue weighted by Crippen LogP contribution is -2.39. The van der Waals surface area contributed by atoms with Crippen molar-refractivity contribution in [3.8, 4) is 0 Å². The number of nitrogens with zero attached hydrogens (tertiary/aromatic N) is 1. The van der Waals surface area contributed by atoms with Crippen LogP contribution in [0.1, 0.15) is 16.7 Å². The van der Waals surface area contributed by atoms with Gasteiger partial charge in [0.25, 0.3) is 5.91 Å². The van der Waals surface area contributed by atoms with E-state index < -0.39 is 22.7 Å². The molecule has 0 atom stereocenters. The van der Waals surface area contributed by atoms with Crippen LogP contribution >= 0.6 is 11.6 Å². The van der Waals surface area contributed by atoms with Crippen LogP contribution in [0.5, 0.6) is 0 Å². The monoisotopic (exact) mass is 405 g/mol. The first-order valence-electron chi connectivity index (χ1n) is 8.50. The van der Waals surface area contributed by atoms with Crippen LogP contribution < -0.4 is 9.88 Å². The first-order valence-corrected chi connectivity index (χ1v) is 8.87. The fraction of sp³-hybridized carbons (Fsp3) is 0.143. The summed E-state index contributed by atoms with van der Waals surface area (Å²) in [5.41, 5.74) is 1.34. The number of nitrogens with one attached hydrogen (secondary N) is 1. The van der Waals surface area contributed by atoms with E-state index in [1.807, 2.05) is 42.5 Å². The van der Waals surface area contributed by atoms with Gasteiger partial charge in [-0.1, -0.05) is 41.9 Å². The number of hydrogen-bond donors (Lipinski definition) is 1. The minimum Gasteiger partial charge on any atom is -0.321 e. The van der Waals surface area contributed by atoms with Gasteiger partial charge < -0.3 is 5.32 Å². The van der Waals surface area contributed by atoms with Gasteiger partial charge in [0.05, 0.1) is 10.6 Å². The standard InChI is InChI=1S/C21H16ClF3N2O/c22-19-7-6-17(13-18(19)21(23,24)25)26-20(28)14-27-10-8-16(9-11-27)12-15-4-2-1-3-5-15/h1-11,13H,12,14H2/p+1. The highest BCUT2D eigenvalue weighted by Crippen LogP contribution is 2.36. The number of benzene rings is 2. The topological polar surface area (TPSA) is 33.0 Å². The minimum atomic E-state index is -4.58. The van der Waals surface area contributed by atoms with Gasteiger partial charge in [-0.05, 0) is 35.7 Å². The van der Waals surface area contributed by atoms with E-state index in [4.69, 9.17) is 11.6 Å². The van der Waals surface area contributed by atoms with Crippen LogP contribution in [0.25, 0.3) is 0 Å². The first kappa shape index (κ1) is 19.9. The van der Waals surface area contributed by atoms with Crippen LogP contribution in [0.4, 0.5) is 18.9 Å². The molecule has 3 nitrogen and oxygen atoms in total. The van der Waals surface area contributed by atoms with Crippen molar-refractivity contribution in [1.29, 1.82) is 0 Å². The maximum Gasteiger partial charge on any atom is 0.417 e. The Kier molecular flexibility index (Phi) is 5.99. The number of pyridine rings is 1. The summed E-state index contributed by atoms with van der Waals surface area (Å²) in [6, 6.07) is 17.1. The molecule has 28 heavy (non-hydrogen) atoms. The molecule has 3 rings (SSSR count). The van der Waals surface area contributed by atoms with Gasteiger partial charge in [0.15, 0.2) is 12.4 Å². The van der Waals surface area contributed by atoms with Crippen LogP contribution in [0.3, 0.4) is 0 Å². The molecule has 0 saturated heterocycles. The molecule has 0 aliphatic heterocycles. The average molecular weight is 406 g/mol. The predicted octanol–water partition coefficient (Wildman–Crippen LogP) is 4.88. The van der Waals surface area contributed by atoms with Gasteiger partial charge in [0.1, 0.15) is 0 Å². The minimum absolute atomic E-state index is 0.0183. The molecule has 1 aromatic heterocycles. The second-order valence-corrected chi connectivity index (χ2v) is 6.69. The van der Waals surface area contributed by atoms with Crippen LogP contribution in [0, 0.1) is 0 Å². The largest absolute Gasteiger partial charge is 0.417 e. The fourth-order valence-corrected chi connectivity index (χ4v) is 2.95. The summed E-state index contributed by atoms with van der Waals surface area (Å²) in [7, 11) is 0.